The minimum atomic E-state index is -0.130. The second-order valence-corrected chi connectivity index (χ2v) is 8.00. The molecule has 0 atom stereocenters. The van der Waals surface area contributed by atoms with Gasteiger partial charge >= 0.3 is 5.69 Å². The number of hydrogen-bond acceptors (Lipinski definition) is 5. The lowest BCUT2D eigenvalue weighted by Crippen LogP contribution is -2.38. The summed E-state index contributed by atoms with van der Waals surface area (Å²) in [5.74, 6) is 0.889. The fourth-order valence-corrected chi connectivity index (χ4v) is 3.80. The monoisotopic (exact) mass is 355 g/mol. The average molecular weight is 355 g/mol. The molecule has 1 saturated heterocycles. The van der Waals surface area contributed by atoms with Gasteiger partial charge in [0, 0.05) is 19.1 Å². The van der Waals surface area contributed by atoms with Crippen molar-refractivity contribution in [1.82, 2.24) is 34.7 Å². The number of piperidine rings is 1. The lowest BCUT2D eigenvalue weighted by Gasteiger charge is -2.32. The fraction of sp³-hybridized carbons (Fsp3) is 0.556. The van der Waals surface area contributed by atoms with Crippen molar-refractivity contribution in [3.8, 4) is 0 Å². The van der Waals surface area contributed by atoms with Gasteiger partial charge in [0.15, 0.2) is 5.82 Å². The summed E-state index contributed by atoms with van der Waals surface area (Å²) in [5.41, 5.74) is 1.76. The van der Waals surface area contributed by atoms with E-state index in [1.165, 1.54) is 0 Å². The third kappa shape index (κ3) is 3.05. The largest absolute Gasteiger partial charge is 0.326 e. The molecule has 1 fully saturated rings. The molecule has 0 bridgehead atoms. The number of nitrogens with one attached hydrogen (secondary N) is 1. The van der Waals surface area contributed by atoms with Gasteiger partial charge in [0.2, 0.25) is 0 Å². The Balaban J connectivity index is 1.47. The average Bonchev–Trinajstić information content (AvgIpc) is 3.19. The van der Waals surface area contributed by atoms with Gasteiger partial charge in [0.25, 0.3) is 0 Å². The number of benzene rings is 1. The number of fused-ring (bicyclic) bond motifs is 1. The quantitative estimate of drug-likeness (QED) is 0.776. The SMILES string of the molecule is CC(C)(C)n1nnnc1CN1CCC(n2c(=O)[nH]c3ccccc32)CC1. The molecule has 3 aromatic rings. The van der Waals surface area contributed by atoms with Crippen molar-refractivity contribution in [2.45, 2.75) is 51.7 Å². The Hall–Kier alpha value is -2.48. The van der Waals surface area contributed by atoms with Crippen molar-refractivity contribution in [2.24, 2.45) is 0 Å². The summed E-state index contributed by atoms with van der Waals surface area (Å²) in [4.78, 5) is 17.7. The van der Waals surface area contributed by atoms with Crippen LogP contribution < -0.4 is 5.69 Å². The highest BCUT2D eigenvalue weighted by Gasteiger charge is 2.26. The van der Waals surface area contributed by atoms with Crippen molar-refractivity contribution < 1.29 is 0 Å². The summed E-state index contributed by atoms with van der Waals surface area (Å²) >= 11 is 0. The van der Waals surface area contributed by atoms with Gasteiger partial charge in [-0.05, 0) is 56.2 Å². The van der Waals surface area contributed by atoms with Crippen molar-refractivity contribution in [3.05, 3.63) is 40.6 Å². The van der Waals surface area contributed by atoms with Crippen LogP contribution in [0.4, 0.5) is 0 Å². The molecule has 0 spiro atoms. The highest BCUT2D eigenvalue weighted by Crippen LogP contribution is 2.25. The smallest absolute Gasteiger partial charge is 0.306 e. The van der Waals surface area contributed by atoms with Crippen LogP contribution in [0.25, 0.3) is 11.0 Å². The van der Waals surface area contributed by atoms with Gasteiger partial charge < -0.3 is 4.98 Å². The topological polar surface area (TPSA) is 84.6 Å². The van der Waals surface area contributed by atoms with E-state index >= 15 is 0 Å². The zero-order chi connectivity index (χ0) is 18.3. The molecule has 0 amide bonds. The molecular formula is C18H25N7O. The van der Waals surface area contributed by atoms with Crippen LogP contribution in [0.2, 0.25) is 0 Å². The highest BCUT2D eigenvalue weighted by atomic mass is 16.1. The molecule has 138 valence electrons. The molecular weight excluding hydrogens is 330 g/mol. The second kappa shape index (κ2) is 6.35. The van der Waals surface area contributed by atoms with E-state index in [0.29, 0.717) is 0 Å². The molecule has 4 rings (SSSR count). The molecule has 0 aliphatic carbocycles. The molecule has 1 aliphatic heterocycles. The van der Waals surface area contributed by atoms with Crippen molar-refractivity contribution >= 4 is 11.0 Å². The van der Waals surface area contributed by atoms with Gasteiger partial charge in [-0.1, -0.05) is 12.1 Å². The number of rotatable bonds is 3. The maximum Gasteiger partial charge on any atom is 0.326 e. The van der Waals surface area contributed by atoms with Crippen LogP contribution in [0.5, 0.6) is 0 Å². The molecule has 8 heteroatoms. The Morgan fingerprint density at radius 2 is 1.92 bits per heavy atom. The number of para-hydroxylation sites is 2. The third-order valence-corrected chi connectivity index (χ3v) is 5.08. The standard InChI is InChI=1S/C18H25N7O/c1-18(2,3)25-16(20-21-22-25)12-23-10-8-13(9-11-23)24-15-7-5-4-6-14(15)19-17(24)26/h4-7,13H,8-12H2,1-3H3,(H,19,26). The molecule has 1 N–H and O–H groups in total. The van der Waals surface area contributed by atoms with Crippen LogP contribution in [0.3, 0.4) is 0 Å². The highest BCUT2D eigenvalue weighted by molar-refractivity contribution is 5.75. The van der Waals surface area contributed by atoms with Crippen LogP contribution in [0, 0.1) is 0 Å². The van der Waals surface area contributed by atoms with Crippen molar-refractivity contribution in [3.63, 3.8) is 0 Å². The van der Waals surface area contributed by atoms with Gasteiger partial charge in [0.1, 0.15) is 0 Å². The number of likely N-dealkylation sites (tertiary alicyclic amines) is 1. The van der Waals surface area contributed by atoms with E-state index in [9.17, 15) is 4.79 Å². The predicted octanol–water partition coefficient (Wildman–Crippen LogP) is 1.91. The third-order valence-electron chi connectivity index (χ3n) is 5.08. The summed E-state index contributed by atoms with van der Waals surface area (Å²) in [6.45, 7) is 8.88. The first-order chi connectivity index (χ1) is 12.4. The Kier molecular flexibility index (Phi) is 4.14. The van der Waals surface area contributed by atoms with Crippen LogP contribution in [0.1, 0.15) is 45.5 Å². The maximum atomic E-state index is 12.4. The van der Waals surface area contributed by atoms with Crippen molar-refractivity contribution in [2.75, 3.05) is 13.1 Å². The first-order valence-corrected chi connectivity index (χ1v) is 9.13. The van der Waals surface area contributed by atoms with E-state index in [1.807, 2.05) is 33.5 Å². The van der Waals surface area contributed by atoms with Gasteiger partial charge in [-0.25, -0.2) is 9.48 Å². The minimum absolute atomic E-state index is 0.0127. The van der Waals surface area contributed by atoms with E-state index in [4.69, 9.17) is 0 Å². The summed E-state index contributed by atoms with van der Waals surface area (Å²) < 4.78 is 3.81. The zero-order valence-electron chi connectivity index (χ0n) is 15.5. The van der Waals surface area contributed by atoms with E-state index < -0.39 is 0 Å². The van der Waals surface area contributed by atoms with Gasteiger partial charge in [-0.2, -0.15) is 0 Å². The number of aromatic nitrogens is 6. The Labute approximate surface area is 151 Å². The molecule has 3 heterocycles. The van der Waals surface area contributed by atoms with E-state index in [-0.39, 0.29) is 17.3 Å². The first-order valence-electron chi connectivity index (χ1n) is 9.13. The van der Waals surface area contributed by atoms with E-state index in [2.05, 4.69) is 46.2 Å². The molecule has 0 unspecified atom stereocenters. The number of nitrogens with zero attached hydrogens (tertiary/aromatic N) is 6. The number of hydrogen-bond donors (Lipinski definition) is 1. The lowest BCUT2D eigenvalue weighted by atomic mass is 10.0. The molecule has 0 saturated carbocycles. The van der Waals surface area contributed by atoms with E-state index in [0.717, 1.165) is 49.3 Å². The fourth-order valence-electron chi connectivity index (χ4n) is 3.80. The van der Waals surface area contributed by atoms with Gasteiger partial charge in [-0.15, -0.1) is 5.10 Å². The molecule has 26 heavy (non-hydrogen) atoms. The molecule has 1 aliphatic rings. The van der Waals surface area contributed by atoms with Crippen LogP contribution >= 0.6 is 0 Å². The summed E-state index contributed by atoms with van der Waals surface area (Å²) in [5, 5.41) is 12.2. The summed E-state index contributed by atoms with van der Waals surface area (Å²) in [6.07, 6.45) is 1.89. The zero-order valence-corrected chi connectivity index (χ0v) is 15.5. The maximum absolute atomic E-state index is 12.4. The molecule has 1 aromatic carbocycles. The van der Waals surface area contributed by atoms with Gasteiger partial charge in [0.05, 0.1) is 23.1 Å². The van der Waals surface area contributed by atoms with Crippen molar-refractivity contribution in [1.29, 1.82) is 0 Å². The van der Waals surface area contributed by atoms with Crippen LogP contribution in [-0.4, -0.2) is 47.7 Å². The Bertz CT molecular complexity index is 954. The normalized spacial score (nSPS) is 17.2. The molecule has 8 nitrogen and oxygen atoms in total. The number of aromatic amines is 1. The molecule has 0 radical (unpaired) electrons. The first kappa shape index (κ1) is 17.0. The number of H-pyrrole nitrogens is 1. The predicted molar refractivity (Wildman–Crippen MR) is 98.9 cm³/mol. The minimum Gasteiger partial charge on any atom is -0.306 e. The lowest BCUT2D eigenvalue weighted by molar-refractivity contribution is 0.169. The number of tetrazole rings is 1. The Morgan fingerprint density at radius 3 is 2.65 bits per heavy atom. The summed E-state index contributed by atoms with van der Waals surface area (Å²) in [7, 11) is 0. The van der Waals surface area contributed by atoms with Gasteiger partial charge in [-0.3, -0.25) is 9.47 Å². The van der Waals surface area contributed by atoms with Crippen LogP contribution in [-0.2, 0) is 12.1 Å². The van der Waals surface area contributed by atoms with E-state index in [1.54, 1.807) is 0 Å². The second-order valence-electron chi connectivity index (χ2n) is 8.00. The Morgan fingerprint density at radius 1 is 1.19 bits per heavy atom. The molecule has 2 aromatic heterocycles. The van der Waals surface area contributed by atoms with Crippen LogP contribution in [0.15, 0.2) is 29.1 Å². The summed E-state index contributed by atoms with van der Waals surface area (Å²) in [6, 6.07) is 8.12. The number of imidazole rings is 1.